The molecule has 1 aromatic heterocycles. The van der Waals surface area contributed by atoms with Crippen LogP contribution in [-0.2, 0) is 10.5 Å². The molecular formula is C9H15N3O2S. The maximum absolute atomic E-state index is 5.66. The van der Waals surface area contributed by atoms with Crippen LogP contribution in [0.25, 0.3) is 0 Å². The predicted molar refractivity (Wildman–Crippen MR) is 57.4 cm³/mol. The highest BCUT2D eigenvalue weighted by Crippen LogP contribution is 2.31. The van der Waals surface area contributed by atoms with Crippen LogP contribution in [0.4, 0.5) is 0 Å². The molecule has 2 unspecified atom stereocenters. The topological polar surface area (TPSA) is 74.2 Å². The Hall–Kier alpha value is -0.590. The number of hydrogen-bond acceptors (Lipinski definition) is 6. The van der Waals surface area contributed by atoms with E-state index in [4.69, 9.17) is 15.0 Å². The van der Waals surface area contributed by atoms with Crippen LogP contribution in [0, 0.1) is 0 Å². The van der Waals surface area contributed by atoms with Gasteiger partial charge in [0.25, 0.3) is 5.89 Å². The molecule has 1 aliphatic heterocycles. The van der Waals surface area contributed by atoms with E-state index in [0.29, 0.717) is 12.4 Å². The molecule has 1 aliphatic rings. The highest BCUT2D eigenvalue weighted by molar-refractivity contribution is 7.97. The fraction of sp³-hybridized carbons (Fsp3) is 0.778. The third-order valence-corrected chi connectivity index (χ3v) is 2.95. The third-order valence-electron chi connectivity index (χ3n) is 2.40. The molecule has 2 heterocycles. The van der Waals surface area contributed by atoms with Gasteiger partial charge in [0.05, 0.1) is 11.9 Å². The van der Waals surface area contributed by atoms with Crippen LogP contribution in [-0.4, -0.2) is 29.0 Å². The zero-order valence-electron chi connectivity index (χ0n) is 8.68. The van der Waals surface area contributed by atoms with Crippen molar-refractivity contribution in [2.24, 2.45) is 5.73 Å². The van der Waals surface area contributed by atoms with Crippen molar-refractivity contribution in [2.45, 2.75) is 30.8 Å². The molecule has 2 N–H and O–H groups in total. The Labute approximate surface area is 92.7 Å². The first-order chi connectivity index (χ1) is 7.33. The van der Waals surface area contributed by atoms with Gasteiger partial charge in [0.1, 0.15) is 6.10 Å². The summed E-state index contributed by atoms with van der Waals surface area (Å²) >= 11 is 1.67. The van der Waals surface area contributed by atoms with Gasteiger partial charge >= 0.3 is 0 Å². The van der Waals surface area contributed by atoms with E-state index in [0.717, 1.165) is 24.4 Å². The molecule has 2 rings (SSSR count). The lowest BCUT2D eigenvalue weighted by atomic mass is 10.2. The van der Waals surface area contributed by atoms with Crippen molar-refractivity contribution in [1.29, 1.82) is 0 Å². The van der Waals surface area contributed by atoms with E-state index in [1.165, 1.54) is 0 Å². The fourth-order valence-electron chi connectivity index (χ4n) is 1.65. The average molecular weight is 229 g/mol. The Kier molecular flexibility index (Phi) is 3.61. The van der Waals surface area contributed by atoms with E-state index < -0.39 is 0 Å². The Bertz CT molecular complexity index is 318. The summed E-state index contributed by atoms with van der Waals surface area (Å²) in [6.07, 6.45) is 3.99. The molecule has 15 heavy (non-hydrogen) atoms. The molecule has 0 saturated carbocycles. The summed E-state index contributed by atoms with van der Waals surface area (Å²) < 4.78 is 10.8. The number of thioether (sulfide) groups is 1. The summed E-state index contributed by atoms with van der Waals surface area (Å²) in [5, 5.41) is 3.88. The maximum atomic E-state index is 5.66. The van der Waals surface area contributed by atoms with Crippen molar-refractivity contribution >= 4 is 11.8 Å². The van der Waals surface area contributed by atoms with Gasteiger partial charge in [-0.25, -0.2) is 0 Å². The fourth-order valence-corrected chi connectivity index (χ4v) is 2.02. The molecule has 0 aliphatic carbocycles. The quantitative estimate of drug-likeness (QED) is 0.833. The molecule has 84 valence electrons. The molecule has 1 fully saturated rings. The summed E-state index contributed by atoms with van der Waals surface area (Å²) in [5.74, 6) is 2.10. The number of hydrogen-bond donors (Lipinski definition) is 1. The largest absolute Gasteiger partial charge is 0.364 e. The number of nitrogens with two attached hydrogens (primary N) is 1. The molecular weight excluding hydrogens is 214 g/mol. The molecule has 0 radical (unpaired) electrons. The smallest absolute Gasteiger partial charge is 0.255 e. The highest BCUT2D eigenvalue weighted by Gasteiger charge is 2.29. The summed E-state index contributed by atoms with van der Waals surface area (Å²) in [5.41, 5.74) is 5.53. The highest BCUT2D eigenvalue weighted by atomic mass is 32.2. The molecule has 0 aromatic carbocycles. The van der Waals surface area contributed by atoms with Crippen molar-refractivity contribution in [3.63, 3.8) is 0 Å². The lowest BCUT2D eigenvalue weighted by molar-refractivity contribution is 0.0307. The van der Waals surface area contributed by atoms with Gasteiger partial charge in [-0.05, 0) is 19.1 Å². The SMILES string of the molecule is CSCc1noc(C2CCC(CN)O2)n1. The number of ether oxygens (including phenoxy) is 1. The van der Waals surface area contributed by atoms with E-state index in [9.17, 15) is 0 Å². The zero-order valence-corrected chi connectivity index (χ0v) is 9.50. The minimum Gasteiger partial charge on any atom is -0.364 e. The van der Waals surface area contributed by atoms with Crippen molar-refractivity contribution < 1.29 is 9.26 Å². The number of rotatable bonds is 4. The standard InChI is InChI=1S/C9H15N3O2S/c1-15-5-8-11-9(14-12-8)7-3-2-6(4-10)13-7/h6-7H,2-5,10H2,1H3. The van der Waals surface area contributed by atoms with E-state index >= 15 is 0 Å². The average Bonchev–Trinajstić information content (AvgIpc) is 2.85. The minimum atomic E-state index is -0.0540. The molecule has 1 saturated heterocycles. The van der Waals surface area contributed by atoms with Gasteiger partial charge in [-0.1, -0.05) is 5.16 Å². The molecule has 0 amide bonds. The molecule has 0 spiro atoms. The second-order valence-corrected chi connectivity index (χ2v) is 4.41. The van der Waals surface area contributed by atoms with Crippen LogP contribution in [0.15, 0.2) is 4.52 Å². The first-order valence-corrected chi connectivity index (χ1v) is 6.39. The zero-order chi connectivity index (χ0) is 10.7. The van der Waals surface area contributed by atoms with E-state index in [1.807, 2.05) is 6.26 Å². The van der Waals surface area contributed by atoms with Crippen LogP contribution in [0.2, 0.25) is 0 Å². The summed E-state index contributed by atoms with van der Waals surface area (Å²) in [4.78, 5) is 4.29. The van der Waals surface area contributed by atoms with Gasteiger partial charge in [0.2, 0.25) is 0 Å². The summed E-state index contributed by atoms with van der Waals surface area (Å²) in [6.45, 7) is 0.558. The van der Waals surface area contributed by atoms with Crippen LogP contribution >= 0.6 is 11.8 Å². The van der Waals surface area contributed by atoms with Crippen LogP contribution in [0.5, 0.6) is 0 Å². The van der Waals surface area contributed by atoms with Crippen LogP contribution in [0.3, 0.4) is 0 Å². The van der Waals surface area contributed by atoms with Gasteiger partial charge in [-0.2, -0.15) is 16.7 Å². The van der Waals surface area contributed by atoms with Gasteiger partial charge < -0.3 is 15.0 Å². The normalized spacial score (nSPS) is 26.0. The van der Waals surface area contributed by atoms with Gasteiger partial charge in [-0.15, -0.1) is 0 Å². The first kappa shape index (κ1) is 10.9. The number of aromatic nitrogens is 2. The van der Waals surface area contributed by atoms with Crippen molar-refractivity contribution in [2.75, 3.05) is 12.8 Å². The van der Waals surface area contributed by atoms with Crippen molar-refractivity contribution in [1.82, 2.24) is 10.1 Å². The lowest BCUT2D eigenvalue weighted by Gasteiger charge is -2.07. The Morgan fingerprint density at radius 1 is 1.53 bits per heavy atom. The van der Waals surface area contributed by atoms with E-state index in [2.05, 4.69) is 10.1 Å². The molecule has 2 atom stereocenters. The first-order valence-electron chi connectivity index (χ1n) is 5.00. The molecule has 0 bridgehead atoms. The predicted octanol–water partition coefficient (Wildman–Crippen LogP) is 1.11. The van der Waals surface area contributed by atoms with Crippen molar-refractivity contribution in [3.8, 4) is 0 Å². The number of nitrogens with zero attached hydrogens (tertiary/aromatic N) is 2. The summed E-state index contributed by atoms with van der Waals surface area (Å²) in [7, 11) is 0. The van der Waals surface area contributed by atoms with Gasteiger partial charge in [0.15, 0.2) is 5.82 Å². The second-order valence-electron chi connectivity index (χ2n) is 3.54. The Balaban J connectivity index is 1.97. The Morgan fingerprint density at radius 3 is 3.07 bits per heavy atom. The summed E-state index contributed by atoms with van der Waals surface area (Å²) in [6, 6.07) is 0. The van der Waals surface area contributed by atoms with Gasteiger partial charge in [-0.3, -0.25) is 0 Å². The molecule has 5 nitrogen and oxygen atoms in total. The second kappa shape index (κ2) is 4.96. The van der Waals surface area contributed by atoms with Gasteiger partial charge in [0, 0.05) is 6.54 Å². The Morgan fingerprint density at radius 2 is 2.40 bits per heavy atom. The van der Waals surface area contributed by atoms with Crippen LogP contribution < -0.4 is 5.73 Å². The van der Waals surface area contributed by atoms with Crippen molar-refractivity contribution in [3.05, 3.63) is 11.7 Å². The monoisotopic (exact) mass is 229 g/mol. The van der Waals surface area contributed by atoms with E-state index in [1.54, 1.807) is 11.8 Å². The van der Waals surface area contributed by atoms with E-state index in [-0.39, 0.29) is 12.2 Å². The maximum Gasteiger partial charge on any atom is 0.255 e. The van der Waals surface area contributed by atoms with Crippen LogP contribution in [0.1, 0.15) is 30.7 Å². The molecule has 6 heteroatoms. The minimum absolute atomic E-state index is 0.0540. The molecule has 1 aromatic rings. The lowest BCUT2D eigenvalue weighted by Crippen LogP contribution is -2.18. The third kappa shape index (κ3) is 2.50.